The minimum Gasteiger partial charge on any atom is -0.458 e. The number of esters is 2. The predicted molar refractivity (Wildman–Crippen MR) is 79.0 cm³/mol. The Morgan fingerprint density at radius 1 is 1.36 bits per heavy atom. The monoisotopic (exact) mass is 306 g/mol. The van der Waals surface area contributed by atoms with Gasteiger partial charge in [-0.3, -0.25) is 4.79 Å². The van der Waals surface area contributed by atoms with E-state index in [0.29, 0.717) is 24.8 Å². The lowest BCUT2D eigenvalue weighted by molar-refractivity contribution is -0.145. The molecule has 0 radical (unpaired) electrons. The van der Waals surface area contributed by atoms with Crippen LogP contribution in [0.5, 0.6) is 0 Å². The van der Waals surface area contributed by atoms with E-state index in [2.05, 4.69) is 13.2 Å². The summed E-state index contributed by atoms with van der Waals surface area (Å²) in [6, 6.07) is 0. The molecule has 0 spiro atoms. The highest BCUT2D eigenvalue weighted by atomic mass is 16.6. The van der Waals surface area contributed by atoms with Crippen molar-refractivity contribution >= 4 is 11.9 Å². The Bertz CT molecular complexity index is 551. The van der Waals surface area contributed by atoms with E-state index in [4.69, 9.17) is 14.2 Å². The van der Waals surface area contributed by atoms with Crippen LogP contribution in [-0.4, -0.2) is 35.9 Å². The second-order valence-electron chi connectivity index (χ2n) is 6.69. The topological polar surface area (TPSA) is 65.1 Å². The highest BCUT2D eigenvalue weighted by Crippen LogP contribution is 2.50. The van der Waals surface area contributed by atoms with Crippen molar-refractivity contribution in [3.8, 4) is 0 Å². The van der Waals surface area contributed by atoms with Gasteiger partial charge in [0.1, 0.15) is 18.3 Å². The molecule has 22 heavy (non-hydrogen) atoms. The van der Waals surface area contributed by atoms with E-state index in [0.717, 1.165) is 12.0 Å². The van der Waals surface area contributed by atoms with Gasteiger partial charge >= 0.3 is 11.9 Å². The summed E-state index contributed by atoms with van der Waals surface area (Å²) in [4.78, 5) is 23.1. The second kappa shape index (κ2) is 5.23. The zero-order valence-corrected chi connectivity index (χ0v) is 13.1. The minimum absolute atomic E-state index is 0.0489. The van der Waals surface area contributed by atoms with Crippen LogP contribution in [0.4, 0.5) is 0 Å². The molecule has 2 heterocycles. The lowest BCUT2D eigenvalue weighted by atomic mass is 9.82. The second-order valence-corrected chi connectivity index (χ2v) is 6.69. The lowest BCUT2D eigenvalue weighted by Gasteiger charge is -2.25. The fraction of sp³-hybridized carbons (Fsp3) is 0.647. The molecule has 0 aromatic heterocycles. The molecule has 3 rings (SSSR count). The van der Waals surface area contributed by atoms with E-state index >= 15 is 0 Å². The molecule has 5 atom stereocenters. The summed E-state index contributed by atoms with van der Waals surface area (Å²) in [7, 11) is 0. The van der Waals surface area contributed by atoms with Gasteiger partial charge in [-0.1, -0.05) is 13.2 Å². The molecule has 5 unspecified atom stereocenters. The molecule has 0 bridgehead atoms. The van der Waals surface area contributed by atoms with E-state index in [-0.39, 0.29) is 41.8 Å². The quantitative estimate of drug-likeness (QED) is 0.322. The molecular weight excluding hydrogens is 284 g/mol. The van der Waals surface area contributed by atoms with Gasteiger partial charge in [-0.15, -0.1) is 0 Å². The van der Waals surface area contributed by atoms with Crippen molar-refractivity contribution in [3.05, 3.63) is 24.3 Å². The summed E-state index contributed by atoms with van der Waals surface area (Å²) < 4.78 is 16.7. The maximum absolute atomic E-state index is 11.8. The van der Waals surface area contributed by atoms with Crippen LogP contribution in [0.1, 0.15) is 39.5 Å². The first-order valence-electron chi connectivity index (χ1n) is 7.74. The number of carbonyl (C=O) groups excluding carboxylic acids is 2. The van der Waals surface area contributed by atoms with Crippen LogP contribution in [-0.2, 0) is 23.8 Å². The summed E-state index contributed by atoms with van der Waals surface area (Å²) in [5, 5.41) is 0. The van der Waals surface area contributed by atoms with Crippen molar-refractivity contribution in [1.82, 2.24) is 0 Å². The minimum atomic E-state index is -0.330. The van der Waals surface area contributed by atoms with Gasteiger partial charge in [0.15, 0.2) is 0 Å². The molecule has 3 aliphatic rings. The first-order valence-corrected chi connectivity index (χ1v) is 7.74. The van der Waals surface area contributed by atoms with Gasteiger partial charge in [0.05, 0.1) is 5.60 Å². The predicted octanol–water partition coefficient (Wildman–Crippen LogP) is 2.30. The Kier molecular flexibility index (Phi) is 3.63. The molecule has 2 saturated heterocycles. The van der Waals surface area contributed by atoms with E-state index < -0.39 is 0 Å². The van der Waals surface area contributed by atoms with Crippen LogP contribution in [0, 0.1) is 5.92 Å². The van der Waals surface area contributed by atoms with E-state index in [1.165, 1.54) is 6.92 Å². The highest BCUT2D eigenvalue weighted by Gasteiger charge is 2.61. The van der Waals surface area contributed by atoms with Crippen molar-refractivity contribution in [3.63, 3.8) is 0 Å². The Balaban J connectivity index is 1.81. The molecule has 0 N–H and O–H groups in total. The molecule has 1 saturated carbocycles. The average molecular weight is 306 g/mol. The number of ether oxygens (including phenoxy) is 3. The molecule has 120 valence electrons. The SMILES string of the molecule is C=C1CCC2C(=C)C(=O)OC2C2OC2(C)CCC1OC(C)=O. The van der Waals surface area contributed by atoms with Crippen molar-refractivity contribution < 1.29 is 23.8 Å². The Labute approximate surface area is 130 Å². The van der Waals surface area contributed by atoms with Crippen molar-refractivity contribution in [1.29, 1.82) is 0 Å². The molecule has 5 nitrogen and oxygen atoms in total. The summed E-state index contributed by atoms with van der Waals surface area (Å²) in [6.07, 6.45) is 2.18. The molecule has 1 aliphatic carbocycles. The number of carbonyl (C=O) groups is 2. The van der Waals surface area contributed by atoms with E-state index in [1.807, 2.05) is 6.92 Å². The van der Waals surface area contributed by atoms with Crippen LogP contribution in [0.3, 0.4) is 0 Å². The number of hydrogen-bond acceptors (Lipinski definition) is 5. The summed E-state index contributed by atoms with van der Waals surface area (Å²) in [5.41, 5.74) is 1.06. The third kappa shape index (κ3) is 2.58. The third-order valence-electron chi connectivity index (χ3n) is 5.03. The van der Waals surface area contributed by atoms with Crippen LogP contribution in [0.25, 0.3) is 0 Å². The normalized spacial score (nSPS) is 41.3. The molecular formula is C17H22O5. The fourth-order valence-corrected chi connectivity index (χ4v) is 3.58. The van der Waals surface area contributed by atoms with Crippen LogP contribution in [0.2, 0.25) is 0 Å². The van der Waals surface area contributed by atoms with Crippen LogP contribution < -0.4 is 0 Å². The average Bonchev–Trinajstić information content (AvgIpc) is 3.03. The fourth-order valence-electron chi connectivity index (χ4n) is 3.58. The maximum atomic E-state index is 11.8. The van der Waals surface area contributed by atoms with E-state index in [1.54, 1.807) is 0 Å². The molecule has 0 amide bonds. The molecule has 2 aliphatic heterocycles. The Morgan fingerprint density at radius 2 is 2.09 bits per heavy atom. The Morgan fingerprint density at radius 3 is 2.77 bits per heavy atom. The molecule has 5 heteroatoms. The van der Waals surface area contributed by atoms with Gasteiger partial charge in [0.2, 0.25) is 0 Å². The van der Waals surface area contributed by atoms with Crippen molar-refractivity contribution in [2.45, 2.75) is 63.4 Å². The van der Waals surface area contributed by atoms with Gasteiger partial charge in [-0.25, -0.2) is 4.79 Å². The number of fused-ring (bicyclic) bond motifs is 3. The number of hydrogen-bond donors (Lipinski definition) is 0. The third-order valence-corrected chi connectivity index (χ3v) is 5.03. The summed E-state index contributed by atoms with van der Waals surface area (Å²) in [6.45, 7) is 11.4. The van der Waals surface area contributed by atoms with Gasteiger partial charge in [-0.05, 0) is 38.2 Å². The zero-order valence-electron chi connectivity index (χ0n) is 13.1. The summed E-state index contributed by atoms with van der Waals surface area (Å²) >= 11 is 0. The molecule has 0 aromatic carbocycles. The standard InChI is InChI=1S/C17H22O5/c1-9-5-6-12-10(2)16(19)21-14(12)15-17(4,22-15)8-7-13(9)20-11(3)18/h12-15H,1-2,5-8H2,3-4H3. The first kappa shape index (κ1) is 15.3. The van der Waals surface area contributed by atoms with Crippen LogP contribution in [0.15, 0.2) is 24.3 Å². The maximum Gasteiger partial charge on any atom is 0.334 e. The Hall–Kier alpha value is -1.62. The lowest BCUT2D eigenvalue weighted by Crippen LogP contribution is -2.31. The van der Waals surface area contributed by atoms with Gasteiger partial charge in [0, 0.05) is 18.4 Å². The van der Waals surface area contributed by atoms with Gasteiger partial charge in [0.25, 0.3) is 0 Å². The highest BCUT2D eigenvalue weighted by molar-refractivity contribution is 5.91. The van der Waals surface area contributed by atoms with Crippen molar-refractivity contribution in [2.24, 2.45) is 5.92 Å². The van der Waals surface area contributed by atoms with E-state index in [9.17, 15) is 9.59 Å². The first-order chi connectivity index (χ1) is 10.3. The van der Waals surface area contributed by atoms with Crippen molar-refractivity contribution in [2.75, 3.05) is 0 Å². The molecule has 0 aromatic rings. The van der Waals surface area contributed by atoms with Gasteiger partial charge in [-0.2, -0.15) is 0 Å². The van der Waals surface area contributed by atoms with Crippen LogP contribution >= 0.6 is 0 Å². The zero-order chi connectivity index (χ0) is 16.1. The molecule has 3 fully saturated rings. The summed E-state index contributed by atoms with van der Waals surface area (Å²) in [5.74, 6) is -0.676. The smallest absolute Gasteiger partial charge is 0.334 e. The number of rotatable bonds is 1. The van der Waals surface area contributed by atoms with Gasteiger partial charge < -0.3 is 14.2 Å². The number of epoxide rings is 1. The largest absolute Gasteiger partial charge is 0.458 e.